The summed E-state index contributed by atoms with van der Waals surface area (Å²) in [6, 6.07) is 15.9. The summed E-state index contributed by atoms with van der Waals surface area (Å²) in [5.74, 6) is 0.680. The van der Waals surface area contributed by atoms with Crippen LogP contribution in [0.15, 0.2) is 67.1 Å². The van der Waals surface area contributed by atoms with E-state index in [4.69, 9.17) is 0 Å². The largest absolute Gasteiger partial charge is 0.340 e. The minimum atomic E-state index is -0.653. The number of hydrogen-bond acceptors (Lipinski definition) is 8. The Kier molecular flexibility index (Phi) is 4.96. The molecule has 0 fully saturated rings. The number of hydrogen-bond donors (Lipinski definition) is 2. The number of fused-ring (bicyclic) bond motifs is 4. The molecule has 2 amide bonds. The van der Waals surface area contributed by atoms with E-state index in [1.165, 1.54) is 23.4 Å². The van der Waals surface area contributed by atoms with Crippen LogP contribution in [-0.2, 0) is 29.5 Å². The van der Waals surface area contributed by atoms with E-state index >= 15 is 0 Å². The second kappa shape index (κ2) is 8.42. The summed E-state index contributed by atoms with van der Waals surface area (Å²) in [7, 11) is 0. The fraction of sp³-hybridized carbons (Fsp3) is 0.179. The van der Waals surface area contributed by atoms with Crippen molar-refractivity contribution in [3.05, 3.63) is 105 Å². The Morgan fingerprint density at radius 2 is 1.87 bits per heavy atom. The summed E-state index contributed by atoms with van der Waals surface area (Å²) < 4.78 is 0. The summed E-state index contributed by atoms with van der Waals surface area (Å²) in [5.41, 5.74) is 4.74. The summed E-state index contributed by atoms with van der Waals surface area (Å²) in [6.45, 7) is 0.418. The maximum absolute atomic E-state index is 13.3. The van der Waals surface area contributed by atoms with Crippen molar-refractivity contribution in [2.24, 2.45) is 0 Å². The van der Waals surface area contributed by atoms with Gasteiger partial charge in [-0.25, -0.2) is 15.0 Å². The maximum Gasteiger partial charge on any atom is 0.277 e. The second-order valence-corrected chi connectivity index (χ2v) is 9.96. The molecule has 4 heterocycles. The van der Waals surface area contributed by atoms with Crippen LogP contribution < -0.4 is 15.5 Å². The molecule has 0 saturated heterocycles. The highest BCUT2D eigenvalue weighted by atomic mass is 16.6. The van der Waals surface area contributed by atoms with Crippen LogP contribution >= 0.6 is 0 Å². The van der Waals surface area contributed by atoms with Crippen molar-refractivity contribution in [1.29, 1.82) is 0 Å². The van der Waals surface area contributed by atoms with E-state index in [9.17, 15) is 19.7 Å². The van der Waals surface area contributed by atoms with Crippen LogP contribution in [-0.4, -0.2) is 38.2 Å². The van der Waals surface area contributed by atoms with Crippen molar-refractivity contribution in [2.45, 2.75) is 24.7 Å². The topological polar surface area (TPSA) is 143 Å². The quantitative estimate of drug-likeness (QED) is 0.307. The van der Waals surface area contributed by atoms with Gasteiger partial charge in [-0.3, -0.25) is 19.7 Å². The summed E-state index contributed by atoms with van der Waals surface area (Å²) >= 11 is 0. The monoisotopic (exact) mass is 519 g/mol. The van der Waals surface area contributed by atoms with Crippen LogP contribution in [0.5, 0.6) is 0 Å². The Morgan fingerprint density at radius 1 is 1.03 bits per heavy atom. The van der Waals surface area contributed by atoms with E-state index in [2.05, 4.69) is 25.6 Å². The van der Waals surface area contributed by atoms with E-state index in [1.54, 1.807) is 18.3 Å². The summed E-state index contributed by atoms with van der Waals surface area (Å²) in [5, 5.41) is 17.4. The van der Waals surface area contributed by atoms with Crippen molar-refractivity contribution >= 4 is 40.5 Å². The van der Waals surface area contributed by atoms with Gasteiger partial charge in [-0.2, -0.15) is 0 Å². The normalized spacial score (nSPS) is 18.5. The van der Waals surface area contributed by atoms with Gasteiger partial charge in [0.15, 0.2) is 0 Å². The van der Waals surface area contributed by atoms with Gasteiger partial charge < -0.3 is 15.5 Å². The first-order valence-electron chi connectivity index (χ1n) is 12.5. The third-order valence-corrected chi connectivity index (χ3v) is 7.76. The molecule has 2 aromatic heterocycles. The average molecular weight is 520 g/mol. The van der Waals surface area contributed by atoms with Gasteiger partial charge in [0.1, 0.15) is 23.7 Å². The molecule has 0 radical (unpaired) electrons. The highest BCUT2D eigenvalue weighted by Crippen LogP contribution is 2.47. The number of pyridine rings is 1. The Morgan fingerprint density at radius 3 is 2.74 bits per heavy atom. The van der Waals surface area contributed by atoms with Gasteiger partial charge in [0, 0.05) is 42.2 Å². The smallest absolute Gasteiger partial charge is 0.277 e. The number of rotatable bonds is 4. The lowest BCUT2D eigenvalue weighted by atomic mass is 9.79. The maximum atomic E-state index is 13.3. The Balaban J connectivity index is 1.12. The SMILES string of the molecule is O=C(c1cc(Nc2ccc3c(c2)CC2(C3)C(=O)Nc3ncccc32)ncn1)N1CCc2ccc([N+](=O)[O-])cc21. The minimum absolute atomic E-state index is 0.0327. The third kappa shape index (κ3) is 3.62. The Bertz CT molecular complexity index is 1720. The lowest BCUT2D eigenvalue weighted by molar-refractivity contribution is -0.384. The molecule has 2 aliphatic heterocycles. The molecule has 1 aliphatic carbocycles. The number of amides is 2. The second-order valence-electron chi connectivity index (χ2n) is 9.96. The van der Waals surface area contributed by atoms with Gasteiger partial charge >= 0.3 is 0 Å². The molecule has 3 aliphatic rings. The first-order valence-corrected chi connectivity index (χ1v) is 12.5. The number of carbonyl (C=O) groups is 2. The molecule has 192 valence electrons. The standard InChI is InChI=1S/C28H21N7O4/c36-26(34-9-7-16-4-6-20(35(38)39)11-23(16)34)22-12-24(31-15-30-22)32-19-5-3-17-13-28(14-18(17)10-19)21-2-1-8-29-25(21)33-27(28)37/h1-6,8,10-12,15H,7,9,13-14H2,(H,29,33,37)(H,30,31,32). The Hall–Kier alpha value is -5.19. The molecule has 1 unspecified atom stereocenters. The van der Waals surface area contributed by atoms with E-state index in [-0.39, 0.29) is 23.2 Å². The van der Waals surface area contributed by atoms with Crippen LogP contribution in [0.25, 0.3) is 0 Å². The molecule has 39 heavy (non-hydrogen) atoms. The molecule has 2 N–H and O–H groups in total. The number of benzene rings is 2. The van der Waals surface area contributed by atoms with E-state index in [1.807, 2.05) is 30.3 Å². The van der Waals surface area contributed by atoms with Crippen LogP contribution in [0.2, 0.25) is 0 Å². The van der Waals surface area contributed by atoms with Crippen molar-refractivity contribution < 1.29 is 14.5 Å². The molecule has 1 atom stereocenters. The molecule has 7 rings (SSSR count). The van der Waals surface area contributed by atoms with E-state index in [0.717, 1.165) is 27.9 Å². The molecule has 0 saturated carbocycles. The average Bonchev–Trinajstić information content (AvgIpc) is 3.62. The van der Waals surface area contributed by atoms with Crippen molar-refractivity contribution in [2.75, 3.05) is 22.1 Å². The highest BCUT2D eigenvalue weighted by molar-refractivity contribution is 6.07. The predicted octanol–water partition coefficient (Wildman–Crippen LogP) is 3.72. The lowest BCUT2D eigenvalue weighted by Crippen LogP contribution is -2.35. The van der Waals surface area contributed by atoms with Gasteiger partial charge in [0.25, 0.3) is 11.6 Å². The number of aromatic nitrogens is 3. The van der Waals surface area contributed by atoms with E-state index in [0.29, 0.717) is 43.1 Å². The zero-order valence-electron chi connectivity index (χ0n) is 20.5. The first-order chi connectivity index (χ1) is 18.9. The van der Waals surface area contributed by atoms with Crippen LogP contribution in [0.1, 0.15) is 32.7 Å². The van der Waals surface area contributed by atoms with Crippen molar-refractivity contribution in [1.82, 2.24) is 15.0 Å². The van der Waals surface area contributed by atoms with Crippen LogP contribution in [0.3, 0.4) is 0 Å². The van der Waals surface area contributed by atoms with Crippen molar-refractivity contribution in [3.63, 3.8) is 0 Å². The zero-order valence-corrected chi connectivity index (χ0v) is 20.5. The number of carbonyl (C=O) groups excluding carboxylic acids is 2. The number of non-ortho nitro benzene ring substituents is 1. The number of nitrogens with zero attached hydrogens (tertiary/aromatic N) is 5. The lowest BCUT2D eigenvalue weighted by Gasteiger charge is -2.20. The first kappa shape index (κ1) is 23.0. The molecule has 1 spiro atoms. The fourth-order valence-electron chi connectivity index (χ4n) is 5.87. The number of nitro groups is 1. The number of nitro benzene ring substituents is 1. The summed E-state index contributed by atoms with van der Waals surface area (Å²) in [6.07, 6.45) is 4.78. The van der Waals surface area contributed by atoms with Crippen LogP contribution in [0, 0.1) is 10.1 Å². The molecule has 4 aromatic rings. The molecule has 11 heteroatoms. The molecule has 11 nitrogen and oxygen atoms in total. The number of anilines is 4. The fourth-order valence-corrected chi connectivity index (χ4v) is 5.87. The van der Waals surface area contributed by atoms with Gasteiger partial charge in [0.2, 0.25) is 5.91 Å². The zero-order chi connectivity index (χ0) is 26.7. The number of nitrogens with one attached hydrogen (secondary N) is 2. The van der Waals surface area contributed by atoms with Gasteiger partial charge in [-0.05, 0) is 54.2 Å². The summed E-state index contributed by atoms with van der Waals surface area (Å²) in [4.78, 5) is 51.3. The van der Waals surface area contributed by atoms with Gasteiger partial charge in [0.05, 0.1) is 16.0 Å². The van der Waals surface area contributed by atoms with Gasteiger partial charge in [-0.15, -0.1) is 0 Å². The minimum Gasteiger partial charge on any atom is -0.340 e. The van der Waals surface area contributed by atoms with Crippen LogP contribution in [0.4, 0.5) is 28.7 Å². The molecule has 2 aromatic carbocycles. The van der Waals surface area contributed by atoms with E-state index < -0.39 is 10.3 Å². The van der Waals surface area contributed by atoms with Gasteiger partial charge in [-0.1, -0.05) is 18.2 Å². The highest BCUT2D eigenvalue weighted by Gasteiger charge is 2.51. The molecular formula is C28H21N7O4. The Labute approximate surface area is 222 Å². The molecular weight excluding hydrogens is 498 g/mol. The predicted molar refractivity (Wildman–Crippen MR) is 142 cm³/mol. The molecule has 0 bridgehead atoms. The van der Waals surface area contributed by atoms with Crippen molar-refractivity contribution in [3.8, 4) is 0 Å². The third-order valence-electron chi connectivity index (χ3n) is 7.76.